The van der Waals surface area contributed by atoms with Crippen molar-refractivity contribution in [3.05, 3.63) is 65.2 Å². The van der Waals surface area contributed by atoms with Crippen LogP contribution in [0.3, 0.4) is 0 Å². The first kappa shape index (κ1) is 12.7. The summed E-state index contributed by atoms with van der Waals surface area (Å²) in [6.45, 7) is 2.73. The second kappa shape index (κ2) is 5.37. The maximum absolute atomic E-state index is 12.3. The number of aryl methyl sites for hydroxylation is 1. The number of carbonyl (C=O) groups excluding carboxylic acids is 1. The number of fused-ring (bicyclic) bond motifs is 1. The van der Waals surface area contributed by atoms with Gasteiger partial charge in [-0.1, -0.05) is 36.4 Å². The highest BCUT2D eigenvalue weighted by Gasteiger charge is 2.20. The molecule has 0 spiro atoms. The SMILES string of the molecule is Cc1ccccc1C(=O)NC1CNc2ccccc2C1. The van der Waals surface area contributed by atoms with Crippen LogP contribution in [-0.2, 0) is 6.42 Å². The van der Waals surface area contributed by atoms with Crippen LogP contribution in [0.15, 0.2) is 48.5 Å². The molecule has 2 aromatic carbocycles. The monoisotopic (exact) mass is 266 g/mol. The second-order valence-corrected chi connectivity index (χ2v) is 5.23. The molecule has 0 bridgehead atoms. The molecule has 0 aromatic heterocycles. The lowest BCUT2D eigenvalue weighted by atomic mass is 9.99. The van der Waals surface area contributed by atoms with Crippen LogP contribution in [-0.4, -0.2) is 18.5 Å². The van der Waals surface area contributed by atoms with Gasteiger partial charge in [0.1, 0.15) is 0 Å². The summed E-state index contributed by atoms with van der Waals surface area (Å²) < 4.78 is 0. The van der Waals surface area contributed by atoms with E-state index in [0.717, 1.165) is 24.1 Å². The Balaban J connectivity index is 1.71. The molecule has 102 valence electrons. The molecular weight excluding hydrogens is 248 g/mol. The Morgan fingerprint density at radius 1 is 1.15 bits per heavy atom. The van der Waals surface area contributed by atoms with Crippen molar-refractivity contribution < 1.29 is 4.79 Å². The Bertz CT molecular complexity index is 636. The number of nitrogens with one attached hydrogen (secondary N) is 2. The highest BCUT2D eigenvalue weighted by molar-refractivity contribution is 5.95. The Morgan fingerprint density at radius 3 is 2.75 bits per heavy atom. The van der Waals surface area contributed by atoms with Crippen LogP contribution in [0.2, 0.25) is 0 Å². The van der Waals surface area contributed by atoms with E-state index in [-0.39, 0.29) is 11.9 Å². The van der Waals surface area contributed by atoms with Crippen molar-refractivity contribution in [2.75, 3.05) is 11.9 Å². The van der Waals surface area contributed by atoms with Crippen LogP contribution < -0.4 is 10.6 Å². The normalized spacial score (nSPS) is 16.9. The molecule has 1 unspecified atom stereocenters. The third-order valence-corrected chi connectivity index (χ3v) is 3.75. The summed E-state index contributed by atoms with van der Waals surface area (Å²) in [6.07, 6.45) is 0.876. The van der Waals surface area contributed by atoms with Gasteiger partial charge in [-0.2, -0.15) is 0 Å². The van der Waals surface area contributed by atoms with Crippen molar-refractivity contribution >= 4 is 11.6 Å². The number of anilines is 1. The molecule has 1 amide bonds. The summed E-state index contributed by atoms with van der Waals surface area (Å²) in [5, 5.41) is 6.48. The van der Waals surface area contributed by atoms with Gasteiger partial charge in [0.15, 0.2) is 0 Å². The fourth-order valence-electron chi connectivity index (χ4n) is 2.63. The lowest BCUT2D eigenvalue weighted by Gasteiger charge is -2.27. The molecule has 0 fully saturated rings. The van der Waals surface area contributed by atoms with Gasteiger partial charge in [0.25, 0.3) is 5.91 Å². The van der Waals surface area contributed by atoms with Crippen molar-refractivity contribution in [1.29, 1.82) is 0 Å². The van der Waals surface area contributed by atoms with E-state index in [9.17, 15) is 4.79 Å². The van der Waals surface area contributed by atoms with Crippen LogP contribution in [0, 0.1) is 6.92 Å². The van der Waals surface area contributed by atoms with Gasteiger partial charge in [-0.05, 0) is 36.6 Å². The molecule has 2 N–H and O–H groups in total. The van der Waals surface area contributed by atoms with Gasteiger partial charge in [-0.15, -0.1) is 0 Å². The van der Waals surface area contributed by atoms with E-state index in [1.165, 1.54) is 11.3 Å². The highest BCUT2D eigenvalue weighted by atomic mass is 16.1. The topological polar surface area (TPSA) is 41.1 Å². The minimum Gasteiger partial charge on any atom is -0.383 e. The van der Waals surface area contributed by atoms with Crippen molar-refractivity contribution in [2.45, 2.75) is 19.4 Å². The fraction of sp³-hybridized carbons (Fsp3) is 0.235. The van der Waals surface area contributed by atoms with E-state index in [0.29, 0.717) is 0 Å². The molecule has 1 heterocycles. The number of benzene rings is 2. The average molecular weight is 266 g/mol. The molecule has 1 aliphatic rings. The third kappa shape index (κ3) is 2.52. The van der Waals surface area contributed by atoms with E-state index in [1.807, 2.05) is 43.3 Å². The number of hydrogen-bond acceptors (Lipinski definition) is 2. The van der Waals surface area contributed by atoms with E-state index in [4.69, 9.17) is 0 Å². The van der Waals surface area contributed by atoms with Crippen molar-refractivity contribution in [3.63, 3.8) is 0 Å². The Hall–Kier alpha value is -2.29. The van der Waals surface area contributed by atoms with Gasteiger partial charge in [0.05, 0.1) is 6.04 Å². The summed E-state index contributed by atoms with van der Waals surface area (Å²) in [5.74, 6) is 0.00859. The number of para-hydroxylation sites is 1. The first-order valence-corrected chi connectivity index (χ1v) is 6.92. The van der Waals surface area contributed by atoms with Gasteiger partial charge in [-0.3, -0.25) is 4.79 Å². The molecule has 0 saturated heterocycles. The molecule has 20 heavy (non-hydrogen) atoms. The van der Waals surface area contributed by atoms with Crippen LogP contribution in [0.1, 0.15) is 21.5 Å². The lowest BCUT2D eigenvalue weighted by Crippen LogP contribution is -2.43. The summed E-state index contributed by atoms with van der Waals surface area (Å²) in [4.78, 5) is 12.3. The summed E-state index contributed by atoms with van der Waals surface area (Å²) in [7, 11) is 0. The summed E-state index contributed by atoms with van der Waals surface area (Å²) >= 11 is 0. The molecule has 0 aliphatic carbocycles. The number of hydrogen-bond donors (Lipinski definition) is 2. The van der Waals surface area contributed by atoms with E-state index >= 15 is 0 Å². The maximum Gasteiger partial charge on any atom is 0.251 e. The van der Waals surface area contributed by atoms with Gasteiger partial charge >= 0.3 is 0 Å². The molecule has 3 rings (SSSR count). The molecule has 0 saturated carbocycles. The molecule has 3 nitrogen and oxygen atoms in total. The van der Waals surface area contributed by atoms with E-state index in [1.54, 1.807) is 0 Å². The van der Waals surface area contributed by atoms with Crippen LogP contribution in [0.5, 0.6) is 0 Å². The van der Waals surface area contributed by atoms with Crippen LogP contribution in [0.4, 0.5) is 5.69 Å². The molecule has 2 aromatic rings. The minimum absolute atomic E-state index is 0.00859. The minimum atomic E-state index is 0.00859. The zero-order valence-electron chi connectivity index (χ0n) is 11.5. The van der Waals surface area contributed by atoms with Crippen LogP contribution >= 0.6 is 0 Å². The van der Waals surface area contributed by atoms with Gasteiger partial charge in [0.2, 0.25) is 0 Å². The second-order valence-electron chi connectivity index (χ2n) is 5.23. The molecule has 0 radical (unpaired) electrons. The van der Waals surface area contributed by atoms with Crippen molar-refractivity contribution in [3.8, 4) is 0 Å². The lowest BCUT2D eigenvalue weighted by molar-refractivity contribution is 0.0937. The zero-order valence-corrected chi connectivity index (χ0v) is 11.5. The predicted molar refractivity (Wildman–Crippen MR) is 81.1 cm³/mol. The maximum atomic E-state index is 12.3. The quantitative estimate of drug-likeness (QED) is 0.877. The Kier molecular flexibility index (Phi) is 3.42. The van der Waals surface area contributed by atoms with Gasteiger partial charge < -0.3 is 10.6 Å². The summed E-state index contributed by atoms with van der Waals surface area (Å²) in [5.41, 5.74) is 4.20. The zero-order chi connectivity index (χ0) is 13.9. The van der Waals surface area contributed by atoms with Crippen molar-refractivity contribution in [2.24, 2.45) is 0 Å². The fourth-order valence-corrected chi connectivity index (χ4v) is 2.63. The molecule has 3 heteroatoms. The third-order valence-electron chi connectivity index (χ3n) is 3.75. The number of carbonyl (C=O) groups is 1. The average Bonchev–Trinajstić information content (AvgIpc) is 2.47. The molecular formula is C17H18N2O. The van der Waals surface area contributed by atoms with E-state index < -0.39 is 0 Å². The molecule has 1 atom stereocenters. The van der Waals surface area contributed by atoms with E-state index in [2.05, 4.69) is 22.8 Å². The highest BCUT2D eigenvalue weighted by Crippen LogP contribution is 2.21. The van der Waals surface area contributed by atoms with Gasteiger partial charge in [-0.25, -0.2) is 0 Å². The largest absolute Gasteiger partial charge is 0.383 e. The van der Waals surface area contributed by atoms with Gasteiger partial charge in [0, 0.05) is 17.8 Å². The molecule has 1 aliphatic heterocycles. The Morgan fingerprint density at radius 2 is 1.90 bits per heavy atom. The van der Waals surface area contributed by atoms with Crippen molar-refractivity contribution in [1.82, 2.24) is 5.32 Å². The first-order valence-electron chi connectivity index (χ1n) is 6.92. The summed E-state index contributed by atoms with van der Waals surface area (Å²) in [6, 6.07) is 16.1. The smallest absolute Gasteiger partial charge is 0.251 e. The first-order chi connectivity index (χ1) is 9.74. The standard InChI is InChI=1S/C17H18N2O/c1-12-6-2-4-8-15(12)17(20)19-14-10-13-7-3-5-9-16(13)18-11-14/h2-9,14,18H,10-11H2,1H3,(H,19,20). The number of amides is 1. The number of rotatable bonds is 2. The Labute approximate surface area is 119 Å². The predicted octanol–water partition coefficient (Wildman–Crippen LogP) is 2.76. The van der Waals surface area contributed by atoms with Crippen LogP contribution in [0.25, 0.3) is 0 Å².